The van der Waals surface area contributed by atoms with Gasteiger partial charge in [-0.05, 0) is 96.3 Å². The number of phosphoric acid groups is 1. The summed E-state index contributed by atoms with van der Waals surface area (Å²) in [5, 5.41) is 14.0. The van der Waals surface area contributed by atoms with E-state index in [9.17, 15) is 19.4 Å². The number of phosphoric ester groups is 1. The Morgan fingerprint density at radius 3 is 1.07 bits per heavy atom. The largest absolute Gasteiger partial charge is 0.756 e. The standard InChI is InChI=1S/C78H141N2O6P/c1-6-8-10-12-14-16-18-20-22-24-26-28-30-32-34-36-38-40-42-44-46-48-50-52-54-56-58-60-62-64-66-68-70-72-78(82)79-76(75-86-87(83,84)85-74-73-80(3,4)5)77(81)71-69-67-65-63-61-59-57-55-53-51-49-47-45-43-41-39-37-35-33-31-29-27-25-23-21-19-17-15-13-11-9-7-2/h8,10,14,16,20,22,26,28,32,34,38,40,53,55,61,63,69,71,76-77,81H,6-7,9,11-13,15,17-19,21,23-25,27,29-31,33,35-37,39,41-52,54,56-60,62,64-68,70,72-75H2,1-5H3,(H-,79,82,83,84)/b10-8-,16-14-,22-20-,28-26-,34-32-,40-38-,55-53+,63-61+,71-69+. The number of amides is 1. The summed E-state index contributed by atoms with van der Waals surface area (Å²) in [5.41, 5.74) is 0. The van der Waals surface area contributed by atoms with Crippen LogP contribution in [-0.2, 0) is 18.4 Å². The Bertz CT molecular complexity index is 1790. The molecule has 87 heavy (non-hydrogen) atoms. The number of nitrogens with zero attached hydrogens (tertiary/aromatic N) is 1. The zero-order valence-electron chi connectivity index (χ0n) is 57.7. The molecule has 8 nitrogen and oxygen atoms in total. The van der Waals surface area contributed by atoms with Crippen molar-refractivity contribution >= 4 is 13.7 Å². The van der Waals surface area contributed by atoms with Gasteiger partial charge in [-0.15, -0.1) is 0 Å². The van der Waals surface area contributed by atoms with Crippen LogP contribution in [0.2, 0.25) is 0 Å². The molecule has 0 rings (SSSR count). The van der Waals surface area contributed by atoms with Crippen LogP contribution in [0.4, 0.5) is 0 Å². The normalized spacial score (nSPS) is 14.2. The maximum atomic E-state index is 13.0. The molecule has 504 valence electrons. The third-order valence-corrected chi connectivity index (χ3v) is 17.2. The topological polar surface area (TPSA) is 108 Å². The minimum Gasteiger partial charge on any atom is -0.756 e. The predicted molar refractivity (Wildman–Crippen MR) is 380 cm³/mol. The number of likely N-dealkylation sites (N-methyl/N-ethyl adjacent to an activating group) is 1. The van der Waals surface area contributed by atoms with Crippen LogP contribution in [0.3, 0.4) is 0 Å². The first kappa shape index (κ1) is 84.2. The molecule has 0 spiro atoms. The van der Waals surface area contributed by atoms with E-state index in [0.717, 1.165) is 83.5 Å². The fourth-order valence-electron chi connectivity index (χ4n) is 10.5. The molecule has 0 aliphatic heterocycles. The molecule has 0 aliphatic carbocycles. The van der Waals surface area contributed by atoms with Gasteiger partial charge in [-0.1, -0.05) is 335 Å². The monoisotopic (exact) mass is 1230 g/mol. The number of aliphatic hydroxyl groups is 1. The van der Waals surface area contributed by atoms with Crippen molar-refractivity contribution < 1.29 is 32.9 Å². The number of hydrogen-bond donors (Lipinski definition) is 2. The van der Waals surface area contributed by atoms with Gasteiger partial charge in [-0.2, -0.15) is 0 Å². The molecular formula is C78H141N2O6P. The number of carbonyl (C=O) groups excluding carboxylic acids is 1. The van der Waals surface area contributed by atoms with Gasteiger partial charge in [-0.25, -0.2) is 0 Å². The summed E-state index contributed by atoms with van der Waals surface area (Å²) >= 11 is 0. The zero-order valence-corrected chi connectivity index (χ0v) is 58.6. The van der Waals surface area contributed by atoms with E-state index in [2.05, 4.69) is 116 Å². The van der Waals surface area contributed by atoms with Crippen molar-refractivity contribution in [2.45, 2.75) is 341 Å². The van der Waals surface area contributed by atoms with Crippen molar-refractivity contribution in [1.82, 2.24) is 5.32 Å². The molecule has 9 heteroatoms. The summed E-state index contributed by atoms with van der Waals surface area (Å²) < 4.78 is 23.5. The lowest BCUT2D eigenvalue weighted by molar-refractivity contribution is -0.870. The lowest BCUT2D eigenvalue weighted by atomic mass is 10.0. The van der Waals surface area contributed by atoms with Gasteiger partial charge in [-0.3, -0.25) is 9.36 Å². The molecule has 2 N–H and O–H groups in total. The lowest BCUT2D eigenvalue weighted by Gasteiger charge is -2.29. The summed E-state index contributed by atoms with van der Waals surface area (Å²) in [6.07, 6.45) is 99.4. The molecule has 3 unspecified atom stereocenters. The third kappa shape index (κ3) is 70.5. The highest BCUT2D eigenvalue weighted by atomic mass is 31.2. The molecule has 0 aromatic carbocycles. The van der Waals surface area contributed by atoms with Gasteiger partial charge in [0.1, 0.15) is 13.2 Å². The SMILES string of the molecule is CC/C=C\C/C=C\C/C=C\C/C=C\C/C=C\C/C=C\CCCCCCCCCCCCCCCCC(=O)NC(COP(=O)([O-])OCC[N+](C)(C)C)C(O)/C=C/CC/C=C/CC/C=C/CCCCCCCCCCCCCCCCCCCCCCCC. The fourth-order valence-corrected chi connectivity index (χ4v) is 11.3. The average molecular weight is 1230 g/mol. The van der Waals surface area contributed by atoms with Crippen molar-refractivity contribution in [2.24, 2.45) is 0 Å². The van der Waals surface area contributed by atoms with Crippen LogP contribution < -0.4 is 10.2 Å². The van der Waals surface area contributed by atoms with Gasteiger partial charge < -0.3 is 28.8 Å². The number of nitrogens with one attached hydrogen (secondary N) is 1. The van der Waals surface area contributed by atoms with E-state index >= 15 is 0 Å². The van der Waals surface area contributed by atoms with Crippen molar-refractivity contribution in [1.29, 1.82) is 0 Å². The van der Waals surface area contributed by atoms with E-state index in [1.54, 1.807) is 6.08 Å². The Morgan fingerprint density at radius 1 is 0.414 bits per heavy atom. The van der Waals surface area contributed by atoms with Crippen LogP contribution in [-0.4, -0.2) is 68.5 Å². The number of quaternary nitrogens is 1. The zero-order chi connectivity index (χ0) is 63.4. The number of carbonyl (C=O) groups is 1. The summed E-state index contributed by atoms with van der Waals surface area (Å²) in [6.45, 7) is 4.53. The van der Waals surface area contributed by atoms with Gasteiger partial charge >= 0.3 is 0 Å². The third-order valence-electron chi connectivity index (χ3n) is 16.2. The van der Waals surface area contributed by atoms with Crippen LogP contribution in [0, 0.1) is 0 Å². The first-order valence-electron chi connectivity index (χ1n) is 36.7. The Balaban J connectivity index is 4.12. The predicted octanol–water partition coefficient (Wildman–Crippen LogP) is 23.2. The molecule has 0 aromatic heterocycles. The molecule has 0 aromatic rings. The Labute approximate surface area is 540 Å². The maximum absolute atomic E-state index is 13.0. The van der Waals surface area contributed by atoms with E-state index in [1.807, 2.05) is 27.2 Å². The van der Waals surface area contributed by atoms with Gasteiger partial charge in [0.25, 0.3) is 7.82 Å². The first-order valence-corrected chi connectivity index (χ1v) is 38.2. The van der Waals surface area contributed by atoms with E-state index < -0.39 is 26.6 Å². The summed E-state index contributed by atoms with van der Waals surface area (Å²) in [7, 11) is 1.23. The summed E-state index contributed by atoms with van der Waals surface area (Å²) in [5.74, 6) is -0.212. The maximum Gasteiger partial charge on any atom is 0.268 e. The molecule has 0 heterocycles. The summed E-state index contributed by atoms with van der Waals surface area (Å²) in [6, 6.07) is -0.919. The van der Waals surface area contributed by atoms with Crippen LogP contribution in [0.5, 0.6) is 0 Å². The highest BCUT2D eigenvalue weighted by Crippen LogP contribution is 2.38. The van der Waals surface area contributed by atoms with Crippen LogP contribution in [0.25, 0.3) is 0 Å². The van der Waals surface area contributed by atoms with Crippen LogP contribution in [0.1, 0.15) is 328 Å². The van der Waals surface area contributed by atoms with Crippen LogP contribution in [0.15, 0.2) is 109 Å². The number of hydrogen-bond acceptors (Lipinski definition) is 6. The number of allylic oxidation sites excluding steroid dienone is 17. The summed E-state index contributed by atoms with van der Waals surface area (Å²) in [4.78, 5) is 25.7. The molecule has 0 radical (unpaired) electrons. The van der Waals surface area contributed by atoms with E-state index in [4.69, 9.17) is 9.05 Å². The molecule has 1 amide bonds. The Morgan fingerprint density at radius 2 is 0.713 bits per heavy atom. The van der Waals surface area contributed by atoms with E-state index in [-0.39, 0.29) is 12.5 Å². The molecule has 3 atom stereocenters. The second-order valence-corrected chi connectivity index (χ2v) is 27.3. The highest BCUT2D eigenvalue weighted by molar-refractivity contribution is 7.45. The second kappa shape index (κ2) is 67.6. The smallest absolute Gasteiger partial charge is 0.268 e. The minimum absolute atomic E-state index is 0.0129. The first-order chi connectivity index (χ1) is 42.5. The average Bonchev–Trinajstić information content (AvgIpc) is 3.71. The van der Waals surface area contributed by atoms with E-state index in [1.165, 1.54) is 225 Å². The Kier molecular flexibility index (Phi) is 65.3. The van der Waals surface area contributed by atoms with E-state index in [0.29, 0.717) is 17.4 Å². The van der Waals surface area contributed by atoms with Crippen molar-refractivity contribution in [3.63, 3.8) is 0 Å². The lowest BCUT2D eigenvalue weighted by Crippen LogP contribution is -2.45. The molecule has 0 bridgehead atoms. The molecule has 0 saturated heterocycles. The van der Waals surface area contributed by atoms with Crippen molar-refractivity contribution in [3.8, 4) is 0 Å². The van der Waals surface area contributed by atoms with Gasteiger partial charge in [0.15, 0.2) is 0 Å². The van der Waals surface area contributed by atoms with Gasteiger partial charge in [0.05, 0.1) is 39.9 Å². The quantitative estimate of drug-likeness (QED) is 0.0272. The Hall–Kier alpha value is -2.84. The van der Waals surface area contributed by atoms with Crippen molar-refractivity contribution in [3.05, 3.63) is 109 Å². The molecule has 0 aliphatic rings. The highest BCUT2D eigenvalue weighted by Gasteiger charge is 2.23. The molecular weight excluding hydrogens is 1090 g/mol. The fraction of sp³-hybridized carbons (Fsp3) is 0.756. The molecule has 0 fully saturated rings. The van der Waals surface area contributed by atoms with Gasteiger partial charge in [0.2, 0.25) is 5.91 Å². The van der Waals surface area contributed by atoms with Gasteiger partial charge in [0, 0.05) is 6.42 Å². The second-order valence-electron chi connectivity index (χ2n) is 25.9. The van der Waals surface area contributed by atoms with Crippen molar-refractivity contribution in [2.75, 3.05) is 40.9 Å². The number of unbranched alkanes of at least 4 members (excludes halogenated alkanes) is 38. The number of rotatable bonds is 67. The molecule has 0 saturated carbocycles. The minimum atomic E-state index is -4.62. The van der Waals surface area contributed by atoms with Crippen LogP contribution >= 0.6 is 7.82 Å². The number of aliphatic hydroxyl groups excluding tert-OH is 1.